The van der Waals surface area contributed by atoms with Gasteiger partial charge in [-0.2, -0.15) is 0 Å². The summed E-state index contributed by atoms with van der Waals surface area (Å²) >= 11 is 6.64. The molecular weight excluding hydrogens is 392 g/mol. The van der Waals surface area contributed by atoms with Crippen molar-refractivity contribution in [1.82, 2.24) is 4.57 Å². The number of sulfone groups is 1. The van der Waals surface area contributed by atoms with E-state index < -0.39 is 31.2 Å². The average Bonchev–Trinajstić information content (AvgIpc) is 2.90. The molecule has 0 unspecified atom stereocenters. The average molecular weight is 402 g/mol. The predicted octanol–water partition coefficient (Wildman–Crippen LogP) is 3.90. The van der Waals surface area contributed by atoms with Crippen LogP contribution < -0.4 is 4.87 Å². The summed E-state index contributed by atoms with van der Waals surface area (Å²) in [6, 6.07) is 7.66. The molecule has 0 saturated carbocycles. The first kappa shape index (κ1) is 17.8. The zero-order valence-electron chi connectivity index (χ0n) is 12.7. The second kappa shape index (κ2) is 6.36. The Balaban J connectivity index is 2.24. The molecule has 2 aromatic carbocycles. The van der Waals surface area contributed by atoms with Gasteiger partial charge < -0.3 is 0 Å². The lowest BCUT2D eigenvalue weighted by molar-refractivity contribution is 0.557. The molecule has 0 aliphatic heterocycles. The summed E-state index contributed by atoms with van der Waals surface area (Å²) in [4.78, 5) is 11.0. The lowest BCUT2D eigenvalue weighted by Crippen LogP contribution is -2.12. The molecule has 0 saturated heterocycles. The molecule has 0 bridgehead atoms. The summed E-state index contributed by atoms with van der Waals surface area (Å²) in [6.07, 6.45) is 0.790. The van der Waals surface area contributed by atoms with E-state index in [1.807, 2.05) is 0 Å². The maximum absolute atomic E-state index is 14.5. The van der Waals surface area contributed by atoms with Crippen molar-refractivity contribution in [3.8, 4) is 16.9 Å². The molecule has 3 aromatic rings. The van der Waals surface area contributed by atoms with Crippen LogP contribution in [0.25, 0.3) is 16.9 Å². The standard InChI is InChI=1S/C16H10ClF2NO3S2/c1-25(22,23)15-7-12(18)11(6-13(15)19)14-8-24-16(21)20(14)10-4-2-9(17)3-5-10/h2-8H,1H3. The summed E-state index contributed by atoms with van der Waals surface area (Å²) in [5.74, 6) is -2.03. The first-order chi connectivity index (χ1) is 11.7. The van der Waals surface area contributed by atoms with E-state index in [1.54, 1.807) is 24.3 Å². The van der Waals surface area contributed by atoms with Gasteiger partial charge in [-0.15, -0.1) is 0 Å². The van der Waals surface area contributed by atoms with E-state index in [4.69, 9.17) is 11.6 Å². The molecule has 1 heterocycles. The zero-order chi connectivity index (χ0) is 18.4. The fourth-order valence-corrected chi connectivity index (χ4v) is 3.95. The number of hydrogen-bond acceptors (Lipinski definition) is 4. The van der Waals surface area contributed by atoms with Gasteiger partial charge in [-0.25, -0.2) is 17.2 Å². The largest absolute Gasteiger partial charge is 0.312 e. The third kappa shape index (κ3) is 3.37. The molecule has 0 N–H and O–H groups in total. The summed E-state index contributed by atoms with van der Waals surface area (Å²) in [5.41, 5.74) is 0.338. The van der Waals surface area contributed by atoms with Gasteiger partial charge >= 0.3 is 4.87 Å². The minimum atomic E-state index is -3.91. The molecule has 0 aliphatic carbocycles. The number of aromatic nitrogens is 1. The van der Waals surface area contributed by atoms with E-state index in [9.17, 15) is 22.0 Å². The Morgan fingerprint density at radius 1 is 1.08 bits per heavy atom. The van der Waals surface area contributed by atoms with Crippen LogP contribution in [0.5, 0.6) is 0 Å². The Morgan fingerprint density at radius 3 is 2.32 bits per heavy atom. The van der Waals surface area contributed by atoms with Crippen molar-refractivity contribution in [2.24, 2.45) is 0 Å². The van der Waals surface area contributed by atoms with Crippen molar-refractivity contribution in [1.29, 1.82) is 0 Å². The van der Waals surface area contributed by atoms with E-state index in [2.05, 4.69) is 0 Å². The van der Waals surface area contributed by atoms with Gasteiger partial charge in [-0.1, -0.05) is 22.9 Å². The lowest BCUT2D eigenvalue weighted by atomic mass is 10.1. The molecule has 0 amide bonds. The number of hydrogen-bond donors (Lipinski definition) is 0. The molecule has 25 heavy (non-hydrogen) atoms. The minimum Gasteiger partial charge on any atom is -0.267 e. The van der Waals surface area contributed by atoms with Crippen molar-refractivity contribution < 1.29 is 17.2 Å². The molecule has 1 aromatic heterocycles. The van der Waals surface area contributed by atoms with Crippen LogP contribution in [-0.2, 0) is 9.84 Å². The Labute approximate surface area is 150 Å². The number of nitrogens with zero attached hydrogens (tertiary/aromatic N) is 1. The molecule has 0 fully saturated rings. The van der Waals surface area contributed by atoms with Crippen LogP contribution in [0.2, 0.25) is 5.02 Å². The van der Waals surface area contributed by atoms with Crippen molar-refractivity contribution >= 4 is 32.8 Å². The zero-order valence-corrected chi connectivity index (χ0v) is 15.1. The van der Waals surface area contributed by atoms with Gasteiger partial charge in [0, 0.05) is 22.2 Å². The monoisotopic (exact) mass is 401 g/mol. The Morgan fingerprint density at radius 2 is 1.72 bits per heavy atom. The molecule has 0 atom stereocenters. The Bertz CT molecular complexity index is 1120. The lowest BCUT2D eigenvalue weighted by Gasteiger charge is -2.10. The minimum absolute atomic E-state index is 0.119. The topological polar surface area (TPSA) is 56.1 Å². The molecule has 3 rings (SSSR count). The normalized spacial score (nSPS) is 11.7. The highest BCUT2D eigenvalue weighted by Gasteiger charge is 2.21. The predicted molar refractivity (Wildman–Crippen MR) is 93.4 cm³/mol. The highest BCUT2D eigenvalue weighted by molar-refractivity contribution is 7.90. The molecule has 0 radical (unpaired) electrons. The highest BCUT2D eigenvalue weighted by atomic mass is 35.5. The number of rotatable bonds is 3. The summed E-state index contributed by atoms with van der Waals surface area (Å²) < 4.78 is 52.8. The smallest absolute Gasteiger partial charge is 0.267 e. The van der Waals surface area contributed by atoms with Crippen molar-refractivity contribution in [2.75, 3.05) is 6.26 Å². The molecule has 0 spiro atoms. The van der Waals surface area contributed by atoms with Crippen LogP contribution in [0.3, 0.4) is 0 Å². The first-order valence-corrected chi connectivity index (χ1v) is 9.99. The van der Waals surface area contributed by atoms with E-state index in [1.165, 1.54) is 9.95 Å². The molecule has 130 valence electrons. The van der Waals surface area contributed by atoms with Gasteiger partial charge in [-0.3, -0.25) is 9.36 Å². The summed E-state index contributed by atoms with van der Waals surface area (Å²) in [5, 5.41) is 1.85. The molecule has 0 aliphatic rings. The van der Waals surface area contributed by atoms with Crippen LogP contribution in [0.15, 0.2) is 51.5 Å². The van der Waals surface area contributed by atoms with Crippen molar-refractivity contribution in [3.63, 3.8) is 0 Å². The van der Waals surface area contributed by atoms with Crippen LogP contribution in [0.4, 0.5) is 8.78 Å². The summed E-state index contributed by atoms with van der Waals surface area (Å²) in [7, 11) is -3.91. The van der Waals surface area contributed by atoms with E-state index >= 15 is 0 Å². The van der Waals surface area contributed by atoms with Gasteiger partial charge in [0.15, 0.2) is 9.84 Å². The molecule has 9 heteroatoms. The quantitative estimate of drug-likeness (QED) is 0.668. The third-order valence-corrected chi connectivity index (χ3v) is 5.57. The van der Waals surface area contributed by atoms with Gasteiger partial charge in [0.05, 0.1) is 11.4 Å². The van der Waals surface area contributed by atoms with Crippen LogP contribution >= 0.6 is 22.9 Å². The van der Waals surface area contributed by atoms with Gasteiger partial charge in [0.25, 0.3) is 0 Å². The van der Waals surface area contributed by atoms with Gasteiger partial charge in [0.1, 0.15) is 16.5 Å². The maximum atomic E-state index is 14.5. The third-order valence-electron chi connectivity index (χ3n) is 3.48. The van der Waals surface area contributed by atoms with E-state index in [0.29, 0.717) is 16.8 Å². The molecule has 4 nitrogen and oxygen atoms in total. The van der Waals surface area contributed by atoms with Crippen molar-refractivity contribution in [3.05, 3.63) is 68.1 Å². The van der Waals surface area contributed by atoms with E-state index in [0.717, 1.165) is 23.7 Å². The Hall–Kier alpha value is -2.03. The fourth-order valence-electron chi connectivity index (χ4n) is 2.34. The van der Waals surface area contributed by atoms with Crippen molar-refractivity contribution in [2.45, 2.75) is 4.90 Å². The number of benzene rings is 2. The maximum Gasteiger partial charge on any atom is 0.312 e. The van der Waals surface area contributed by atoms with Gasteiger partial charge in [-0.05, 0) is 36.4 Å². The number of halogens is 3. The van der Waals surface area contributed by atoms with Gasteiger partial charge in [0.2, 0.25) is 0 Å². The second-order valence-electron chi connectivity index (χ2n) is 5.23. The van der Waals surface area contributed by atoms with Crippen LogP contribution in [0, 0.1) is 11.6 Å². The highest BCUT2D eigenvalue weighted by Crippen LogP contribution is 2.30. The van der Waals surface area contributed by atoms with Crippen LogP contribution in [-0.4, -0.2) is 19.2 Å². The SMILES string of the molecule is CS(=O)(=O)c1cc(F)c(-c2csc(=O)n2-c2ccc(Cl)cc2)cc1F. The molecular formula is C16H10ClF2NO3S2. The first-order valence-electron chi connectivity index (χ1n) is 6.84. The fraction of sp³-hybridized carbons (Fsp3) is 0.0625. The summed E-state index contributed by atoms with van der Waals surface area (Å²) in [6.45, 7) is 0. The Kier molecular flexibility index (Phi) is 4.52. The number of thiazole rings is 1. The second-order valence-corrected chi connectivity index (χ2v) is 8.47. The van der Waals surface area contributed by atoms with Crippen LogP contribution in [0.1, 0.15) is 0 Å². The van der Waals surface area contributed by atoms with E-state index in [-0.39, 0.29) is 11.3 Å².